The van der Waals surface area contributed by atoms with Gasteiger partial charge in [-0.1, -0.05) is 35.4 Å². The van der Waals surface area contributed by atoms with Crippen molar-refractivity contribution < 1.29 is 4.79 Å². The highest BCUT2D eigenvalue weighted by Gasteiger charge is 2.15. The molecule has 1 amide bonds. The number of aromatic nitrogens is 2. The molecule has 2 N–H and O–H groups in total. The molecule has 0 atom stereocenters. The Labute approximate surface area is 127 Å². The summed E-state index contributed by atoms with van der Waals surface area (Å²) in [6.07, 6.45) is 0. The van der Waals surface area contributed by atoms with Crippen molar-refractivity contribution in [1.29, 1.82) is 0 Å². The molecule has 0 unspecified atom stereocenters. The van der Waals surface area contributed by atoms with Gasteiger partial charge in [0.2, 0.25) is 0 Å². The third-order valence-corrected chi connectivity index (χ3v) is 3.64. The van der Waals surface area contributed by atoms with Gasteiger partial charge in [-0.2, -0.15) is 5.10 Å². The lowest BCUT2D eigenvalue weighted by atomic mass is 10.1. The minimum Gasteiger partial charge on any atom is -0.364 e. The van der Waals surface area contributed by atoms with Crippen molar-refractivity contribution in [3.05, 3.63) is 64.3 Å². The van der Waals surface area contributed by atoms with Gasteiger partial charge < -0.3 is 5.73 Å². The first-order valence-electron chi connectivity index (χ1n) is 6.56. The van der Waals surface area contributed by atoms with Gasteiger partial charge in [-0.3, -0.25) is 9.48 Å². The molecular weight excluding hydrogens is 286 g/mol. The summed E-state index contributed by atoms with van der Waals surface area (Å²) in [6.45, 7) is 2.53. The molecule has 5 heteroatoms. The van der Waals surface area contributed by atoms with Gasteiger partial charge in [-0.15, -0.1) is 0 Å². The summed E-state index contributed by atoms with van der Waals surface area (Å²) < 4.78 is 1.79. The zero-order chi connectivity index (χ0) is 15.0. The largest absolute Gasteiger partial charge is 0.364 e. The van der Waals surface area contributed by atoms with Crippen LogP contribution in [-0.2, 0) is 6.54 Å². The minimum absolute atomic E-state index is 0.308. The maximum absolute atomic E-state index is 11.6. The topological polar surface area (TPSA) is 60.9 Å². The third-order valence-electron chi connectivity index (χ3n) is 3.38. The highest BCUT2D eigenvalue weighted by Crippen LogP contribution is 2.21. The Balaban J connectivity index is 2.10. The molecular formula is C16H14ClN3O. The van der Waals surface area contributed by atoms with E-state index < -0.39 is 5.91 Å². The van der Waals surface area contributed by atoms with E-state index in [1.54, 1.807) is 4.68 Å². The maximum atomic E-state index is 11.6. The average Bonchev–Trinajstić information content (AvgIpc) is 2.79. The second-order valence-corrected chi connectivity index (χ2v) is 5.45. The highest BCUT2D eigenvalue weighted by molar-refractivity contribution is 6.30. The summed E-state index contributed by atoms with van der Waals surface area (Å²) in [7, 11) is 0. The molecule has 0 fully saturated rings. The smallest absolute Gasteiger partial charge is 0.269 e. The maximum Gasteiger partial charge on any atom is 0.269 e. The van der Waals surface area contributed by atoms with Gasteiger partial charge in [0.25, 0.3) is 5.91 Å². The second kappa shape index (κ2) is 5.22. The predicted octanol–water partition coefficient (Wildman–Crippen LogP) is 3.15. The van der Waals surface area contributed by atoms with Crippen LogP contribution in [0.5, 0.6) is 0 Å². The van der Waals surface area contributed by atoms with Crippen LogP contribution in [0.25, 0.3) is 10.9 Å². The monoisotopic (exact) mass is 299 g/mol. The molecule has 0 spiro atoms. The van der Waals surface area contributed by atoms with Crippen molar-refractivity contribution in [3.8, 4) is 0 Å². The van der Waals surface area contributed by atoms with E-state index in [1.165, 1.54) is 0 Å². The SMILES string of the molecule is Cc1ccc2c(c1)c(C(N)=O)nn2Cc1ccc(Cl)cc1. The fourth-order valence-electron chi connectivity index (χ4n) is 2.36. The van der Waals surface area contributed by atoms with Crippen LogP contribution < -0.4 is 5.73 Å². The molecule has 2 aromatic carbocycles. The molecule has 0 saturated carbocycles. The van der Waals surface area contributed by atoms with Gasteiger partial charge in [0.05, 0.1) is 12.1 Å². The highest BCUT2D eigenvalue weighted by atomic mass is 35.5. The fraction of sp³-hybridized carbons (Fsp3) is 0.125. The molecule has 0 saturated heterocycles. The number of benzene rings is 2. The molecule has 0 aliphatic carbocycles. The Hall–Kier alpha value is -2.33. The van der Waals surface area contributed by atoms with Crippen LogP contribution in [0, 0.1) is 6.92 Å². The van der Waals surface area contributed by atoms with Gasteiger partial charge in [0, 0.05) is 10.4 Å². The van der Waals surface area contributed by atoms with Crippen molar-refractivity contribution in [1.82, 2.24) is 9.78 Å². The number of amides is 1. The number of halogens is 1. The predicted molar refractivity (Wildman–Crippen MR) is 83.5 cm³/mol. The standard InChI is InChI=1S/C16H14ClN3O/c1-10-2-7-14-13(8-10)15(16(18)21)19-20(14)9-11-3-5-12(17)6-4-11/h2-8H,9H2,1H3,(H2,18,21). The van der Waals surface area contributed by atoms with Crippen LogP contribution in [0.15, 0.2) is 42.5 Å². The van der Waals surface area contributed by atoms with E-state index in [-0.39, 0.29) is 0 Å². The number of carbonyl (C=O) groups excluding carboxylic acids is 1. The first kappa shape index (κ1) is 13.6. The van der Waals surface area contributed by atoms with Crippen molar-refractivity contribution in [3.63, 3.8) is 0 Å². The lowest BCUT2D eigenvalue weighted by Crippen LogP contribution is -2.13. The Bertz CT molecular complexity index is 821. The number of hydrogen-bond donors (Lipinski definition) is 1. The van der Waals surface area contributed by atoms with Gasteiger partial charge in [0.15, 0.2) is 5.69 Å². The molecule has 0 aliphatic rings. The van der Waals surface area contributed by atoms with E-state index in [9.17, 15) is 4.79 Å². The van der Waals surface area contributed by atoms with E-state index in [4.69, 9.17) is 17.3 Å². The number of nitrogens with two attached hydrogens (primary N) is 1. The summed E-state index contributed by atoms with van der Waals surface area (Å²) in [5.41, 5.74) is 8.75. The van der Waals surface area contributed by atoms with Crippen molar-refractivity contribution >= 4 is 28.4 Å². The van der Waals surface area contributed by atoms with Crippen molar-refractivity contribution in [2.45, 2.75) is 13.5 Å². The van der Waals surface area contributed by atoms with E-state index in [0.29, 0.717) is 17.3 Å². The number of fused-ring (bicyclic) bond motifs is 1. The van der Waals surface area contributed by atoms with Gasteiger partial charge in [0.1, 0.15) is 0 Å². The van der Waals surface area contributed by atoms with Crippen LogP contribution in [0.3, 0.4) is 0 Å². The molecule has 3 rings (SSSR count). The van der Waals surface area contributed by atoms with Crippen LogP contribution in [-0.4, -0.2) is 15.7 Å². The first-order valence-corrected chi connectivity index (χ1v) is 6.94. The third kappa shape index (κ3) is 2.62. The molecule has 4 nitrogen and oxygen atoms in total. The zero-order valence-electron chi connectivity index (χ0n) is 11.5. The van der Waals surface area contributed by atoms with Gasteiger partial charge in [-0.25, -0.2) is 0 Å². The quantitative estimate of drug-likeness (QED) is 0.807. The van der Waals surface area contributed by atoms with Crippen LogP contribution in [0.1, 0.15) is 21.6 Å². The Morgan fingerprint density at radius 2 is 1.95 bits per heavy atom. The number of hydrogen-bond acceptors (Lipinski definition) is 2. The summed E-state index contributed by atoms with van der Waals surface area (Å²) >= 11 is 5.89. The number of aryl methyl sites for hydroxylation is 1. The zero-order valence-corrected chi connectivity index (χ0v) is 12.3. The number of rotatable bonds is 3. The summed E-state index contributed by atoms with van der Waals surface area (Å²) in [4.78, 5) is 11.6. The van der Waals surface area contributed by atoms with Gasteiger partial charge in [-0.05, 0) is 36.8 Å². The lowest BCUT2D eigenvalue weighted by molar-refractivity contribution is 0.0996. The van der Waals surface area contributed by atoms with E-state index in [0.717, 1.165) is 22.0 Å². The minimum atomic E-state index is -0.513. The van der Waals surface area contributed by atoms with Crippen LogP contribution >= 0.6 is 11.6 Å². The summed E-state index contributed by atoms with van der Waals surface area (Å²) in [6, 6.07) is 13.4. The number of nitrogens with zero attached hydrogens (tertiary/aromatic N) is 2. The van der Waals surface area contributed by atoms with Crippen molar-refractivity contribution in [2.24, 2.45) is 5.73 Å². The summed E-state index contributed by atoms with van der Waals surface area (Å²) in [5, 5.41) is 5.84. The molecule has 0 aliphatic heterocycles. The second-order valence-electron chi connectivity index (χ2n) is 5.02. The molecule has 0 radical (unpaired) electrons. The van der Waals surface area contributed by atoms with Crippen LogP contribution in [0.4, 0.5) is 0 Å². The van der Waals surface area contributed by atoms with Crippen LogP contribution in [0.2, 0.25) is 5.02 Å². The fourth-order valence-corrected chi connectivity index (χ4v) is 2.48. The number of primary amides is 1. The molecule has 0 bridgehead atoms. The Morgan fingerprint density at radius 1 is 1.24 bits per heavy atom. The molecule has 21 heavy (non-hydrogen) atoms. The van der Waals surface area contributed by atoms with E-state index in [2.05, 4.69) is 5.10 Å². The Morgan fingerprint density at radius 3 is 2.62 bits per heavy atom. The molecule has 3 aromatic rings. The molecule has 1 heterocycles. The summed E-state index contributed by atoms with van der Waals surface area (Å²) in [5.74, 6) is -0.513. The molecule has 106 valence electrons. The normalized spacial score (nSPS) is 11.0. The Kier molecular flexibility index (Phi) is 3.39. The van der Waals surface area contributed by atoms with E-state index in [1.807, 2.05) is 49.4 Å². The van der Waals surface area contributed by atoms with E-state index >= 15 is 0 Å². The molecule has 1 aromatic heterocycles. The lowest BCUT2D eigenvalue weighted by Gasteiger charge is -2.04. The number of carbonyl (C=O) groups is 1. The average molecular weight is 300 g/mol. The first-order chi connectivity index (χ1) is 10.0. The van der Waals surface area contributed by atoms with Crippen molar-refractivity contribution in [2.75, 3.05) is 0 Å². The van der Waals surface area contributed by atoms with Gasteiger partial charge >= 0.3 is 0 Å².